The van der Waals surface area contributed by atoms with Crippen LogP contribution in [0.5, 0.6) is 0 Å². The summed E-state index contributed by atoms with van der Waals surface area (Å²) in [5.74, 6) is -1.32. The number of aromatic nitrogens is 1. The molecule has 0 aliphatic carbocycles. The van der Waals surface area contributed by atoms with E-state index >= 15 is 0 Å². The summed E-state index contributed by atoms with van der Waals surface area (Å²) < 4.78 is 35.9. The summed E-state index contributed by atoms with van der Waals surface area (Å²) in [6.45, 7) is 10.1. The molecular formula is C25H35N3O5S. The Labute approximate surface area is 202 Å². The van der Waals surface area contributed by atoms with E-state index in [1.807, 2.05) is 42.7 Å². The normalized spacial score (nSPS) is 16.9. The van der Waals surface area contributed by atoms with Gasteiger partial charge in [-0.15, -0.1) is 0 Å². The topological polar surface area (TPSA) is 97.7 Å². The number of esters is 1. The second-order valence-corrected chi connectivity index (χ2v) is 10.5. The maximum absolute atomic E-state index is 13.8. The first-order valence-electron chi connectivity index (χ1n) is 11.9. The third kappa shape index (κ3) is 5.05. The van der Waals surface area contributed by atoms with Gasteiger partial charge in [0.25, 0.3) is 0 Å². The largest absolute Gasteiger partial charge is 0.462 e. The molecule has 1 saturated heterocycles. The first-order valence-corrected chi connectivity index (χ1v) is 13.4. The van der Waals surface area contributed by atoms with Gasteiger partial charge >= 0.3 is 5.97 Å². The molecule has 3 rings (SSSR count). The molecule has 1 aliphatic rings. The lowest BCUT2D eigenvalue weighted by molar-refractivity contribution is -0.120. The lowest BCUT2D eigenvalue weighted by atomic mass is 9.98. The van der Waals surface area contributed by atoms with E-state index in [0.29, 0.717) is 43.0 Å². The number of carbonyl (C=O) groups excluding carboxylic acids is 2. The molecule has 1 amide bonds. The van der Waals surface area contributed by atoms with Crippen LogP contribution >= 0.6 is 0 Å². The summed E-state index contributed by atoms with van der Waals surface area (Å²) in [6.07, 6.45) is 2.02. The number of anilines is 1. The lowest BCUT2D eigenvalue weighted by Gasteiger charge is -2.31. The van der Waals surface area contributed by atoms with Crippen molar-refractivity contribution in [3.8, 4) is 0 Å². The molecule has 1 fully saturated rings. The number of aryl methyl sites for hydroxylation is 1. The zero-order valence-electron chi connectivity index (χ0n) is 20.7. The summed E-state index contributed by atoms with van der Waals surface area (Å²) in [5.41, 5.74) is 2.98. The number of amides is 1. The van der Waals surface area contributed by atoms with Crippen molar-refractivity contribution >= 4 is 27.6 Å². The highest BCUT2D eigenvalue weighted by Crippen LogP contribution is 2.33. The van der Waals surface area contributed by atoms with Gasteiger partial charge in [0.15, 0.2) is 0 Å². The molecule has 0 saturated carbocycles. The number of sulfonamides is 1. The zero-order chi connectivity index (χ0) is 25.0. The molecule has 1 aliphatic heterocycles. The molecule has 186 valence electrons. The van der Waals surface area contributed by atoms with Gasteiger partial charge in [-0.2, -0.15) is 4.31 Å². The fourth-order valence-corrected chi connectivity index (χ4v) is 6.68. The van der Waals surface area contributed by atoms with Crippen LogP contribution in [0.15, 0.2) is 29.2 Å². The molecule has 1 aromatic heterocycles. The molecule has 1 aromatic carbocycles. The van der Waals surface area contributed by atoms with Crippen LogP contribution in [0.25, 0.3) is 0 Å². The number of piperidine rings is 1. The minimum Gasteiger partial charge on any atom is -0.462 e. The van der Waals surface area contributed by atoms with Crippen LogP contribution in [0.4, 0.5) is 5.69 Å². The first-order chi connectivity index (χ1) is 16.1. The molecule has 9 heteroatoms. The quantitative estimate of drug-likeness (QED) is 0.567. The van der Waals surface area contributed by atoms with Crippen LogP contribution in [-0.4, -0.2) is 48.9 Å². The van der Waals surface area contributed by atoms with Crippen LogP contribution in [-0.2, 0) is 32.5 Å². The van der Waals surface area contributed by atoms with E-state index in [2.05, 4.69) is 5.32 Å². The van der Waals surface area contributed by atoms with Crippen molar-refractivity contribution in [1.82, 2.24) is 8.87 Å². The van der Waals surface area contributed by atoms with Crippen molar-refractivity contribution in [2.24, 2.45) is 5.92 Å². The van der Waals surface area contributed by atoms with E-state index in [1.165, 1.54) is 4.31 Å². The number of nitrogens with one attached hydrogen (secondary N) is 1. The van der Waals surface area contributed by atoms with Crippen molar-refractivity contribution in [2.45, 2.75) is 65.3 Å². The molecule has 1 atom stereocenters. The molecular weight excluding hydrogens is 454 g/mol. The number of benzene rings is 1. The standard InChI is InChI=1S/C25H35N3O5S/c1-6-19-11-9-13-21(15-19)26-24(29)20-12-10-14-27(16-20)34(31,32)23-18(5)28(7-2)17(4)22(23)25(30)33-8-3/h9,11,13,15,20H,6-8,10,12,14,16H2,1-5H3,(H,26,29). The van der Waals surface area contributed by atoms with Gasteiger partial charge in [0, 0.05) is 36.7 Å². The molecule has 8 nitrogen and oxygen atoms in total. The van der Waals surface area contributed by atoms with Crippen LogP contribution in [0.2, 0.25) is 0 Å². The van der Waals surface area contributed by atoms with Gasteiger partial charge in [-0.3, -0.25) is 4.79 Å². The zero-order valence-corrected chi connectivity index (χ0v) is 21.5. The van der Waals surface area contributed by atoms with Crippen molar-refractivity contribution in [1.29, 1.82) is 0 Å². The van der Waals surface area contributed by atoms with Crippen molar-refractivity contribution in [3.05, 3.63) is 46.8 Å². The van der Waals surface area contributed by atoms with Gasteiger partial charge in [0.05, 0.1) is 12.5 Å². The Kier molecular flexibility index (Phi) is 8.20. The summed E-state index contributed by atoms with van der Waals surface area (Å²) in [4.78, 5) is 25.7. The third-order valence-electron chi connectivity index (χ3n) is 6.48. The Balaban J connectivity index is 1.89. The maximum atomic E-state index is 13.8. The SMILES string of the molecule is CCOC(=O)c1c(S(=O)(=O)N2CCCC(C(=O)Nc3cccc(CC)c3)C2)c(C)n(CC)c1C. The smallest absolute Gasteiger partial charge is 0.341 e. The van der Waals surface area contributed by atoms with Crippen LogP contribution in [0, 0.1) is 19.8 Å². The van der Waals surface area contributed by atoms with E-state index in [9.17, 15) is 18.0 Å². The van der Waals surface area contributed by atoms with Crippen molar-refractivity contribution in [2.75, 3.05) is 25.0 Å². The Hall–Kier alpha value is -2.65. The van der Waals surface area contributed by atoms with Crippen LogP contribution in [0.3, 0.4) is 0 Å². The van der Waals surface area contributed by atoms with Gasteiger partial charge in [-0.1, -0.05) is 19.1 Å². The van der Waals surface area contributed by atoms with Gasteiger partial charge in [0.2, 0.25) is 15.9 Å². The number of nitrogens with zero attached hydrogens (tertiary/aromatic N) is 2. The fraction of sp³-hybridized carbons (Fsp3) is 0.520. The van der Waals surface area contributed by atoms with E-state index in [1.54, 1.807) is 20.8 Å². The van der Waals surface area contributed by atoms with Gasteiger partial charge in [0.1, 0.15) is 10.5 Å². The number of hydrogen-bond donors (Lipinski definition) is 1. The predicted molar refractivity (Wildman–Crippen MR) is 131 cm³/mol. The molecule has 0 radical (unpaired) electrons. The van der Waals surface area contributed by atoms with E-state index in [-0.39, 0.29) is 29.5 Å². The highest BCUT2D eigenvalue weighted by atomic mass is 32.2. The molecule has 2 aromatic rings. The molecule has 2 heterocycles. The van der Waals surface area contributed by atoms with Crippen LogP contribution < -0.4 is 5.32 Å². The van der Waals surface area contributed by atoms with E-state index in [4.69, 9.17) is 4.74 Å². The third-order valence-corrected chi connectivity index (χ3v) is 8.51. The molecule has 1 unspecified atom stereocenters. The van der Waals surface area contributed by atoms with Gasteiger partial charge in [-0.25, -0.2) is 13.2 Å². The minimum absolute atomic E-state index is 0.0120. The highest BCUT2D eigenvalue weighted by Gasteiger charge is 2.39. The Morgan fingerprint density at radius 2 is 1.88 bits per heavy atom. The van der Waals surface area contributed by atoms with Crippen molar-refractivity contribution in [3.63, 3.8) is 0 Å². The number of carbonyl (C=O) groups is 2. The Morgan fingerprint density at radius 1 is 1.15 bits per heavy atom. The van der Waals surface area contributed by atoms with E-state index < -0.39 is 21.9 Å². The molecule has 34 heavy (non-hydrogen) atoms. The summed E-state index contributed by atoms with van der Waals surface area (Å²) >= 11 is 0. The second-order valence-electron chi connectivity index (χ2n) is 8.59. The van der Waals surface area contributed by atoms with Crippen molar-refractivity contribution < 1.29 is 22.7 Å². The maximum Gasteiger partial charge on any atom is 0.341 e. The summed E-state index contributed by atoms with van der Waals surface area (Å²) in [5, 5.41) is 2.94. The average molecular weight is 490 g/mol. The van der Waals surface area contributed by atoms with Gasteiger partial charge < -0.3 is 14.6 Å². The minimum atomic E-state index is -4.02. The van der Waals surface area contributed by atoms with Crippen LogP contribution in [0.1, 0.15) is 60.9 Å². The number of ether oxygens (including phenoxy) is 1. The van der Waals surface area contributed by atoms with E-state index in [0.717, 1.165) is 12.0 Å². The molecule has 0 spiro atoms. The second kappa shape index (κ2) is 10.7. The van der Waals surface area contributed by atoms with Gasteiger partial charge in [-0.05, 0) is 64.7 Å². The number of rotatable bonds is 8. The lowest BCUT2D eigenvalue weighted by Crippen LogP contribution is -2.44. The summed E-state index contributed by atoms with van der Waals surface area (Å²) in [6, 6.07) is 7.66. The molecule has 1 N–H and O–H groups in total. The monoisotopic (exact) mass is 489 g/mol. The Morgan fingerprint density at radius 3 is 2.53 bits per heavy atom. The summed E-state index contributed by atoms with van der Waals surface area (Å²) in [7, 11) is -4.02. The molecule has 0 bridgehead atoms. The predicted octanol–water partition coefficient (Wildman–Crippen LogP) is 3.90. The number of hydrogen-bond acceptors (Lipinski definition) is 5. The fourth-order valence-electron chi connectivity index (χ4n) is 4.71. The Bertz CT molecular complexity index is 1170. The average Bonchev–Trinajstić information content (AvgIpc) is 3.09. The highest BCUT2D eigenvalue weighted by molar-refractivity contribution is 7.89. The first kappa shape index (κ1) is 26.0.